The van der Waals surface area contributed by atoms with Crippen molar-refractivity contribution < 1.29 is 22.7 Å². The fourth-order valence-electron chi connectivity index (χ4n) is 1.29. The maximum Gasteiger partial charge on any atom is 0.292 e. The Morgan fingerprint density at radius 1 is 1.17 bits per heavy atom. The van der Waals surface area contributed by atoms with E-state index in [1.54, 1.807) is 13.8 Å². The Morgan fingerprint density at radius 2 is 1.78 bits per heavy atom. The molecule has 0 aliphatic heterocycles. The fraction of sp³-hybridized carbons (Fsp3) is 0.364. The van der Waals surface area contributed by atoms with Crippen LogP contribution in [0.3, 0.4) is 0 Å². The van der Waals surface area contributed by atoms with E-state index in [-0.39, 0.29) is 4.90 Å². The number of nitrogens with zero attached hydrogens (tertiary/aromatic N) is 1. The monoisotopic (exact) mass is 271 g/mol. The van der Waals surface area contributed by atoms with Crippen LogP contribution in [-0.2, 0) is 14.8 Å². The van der Waals surface area contributed by atoms with E-state index in [4.69, 9.17) is 9.47 Å². The van der Waals surface area contributed by atoms with E-state index in [1.807, 2.05) is 0 Å². The summed E-state index contributed by atoms with van der Waals surface area (Å²) < 4.78 is 36.4. The minimum Gasteiger partial charge on any atom is -0.490 e. The third-order valence-electron chi connectivity index (χ3n) is 1.97. The van der Waals surface area contributed by atoms with Gasteiger partial charge in [-0.25, -0.2) is 4.79 Å². The van der Waals surface area contributed by atoms with Gasteiger partial charge in [-0.2, -0.15) is 8.42 Å². The number of hydrogen-bond acceptors (Lipinski definition) is 5. The van der Waals surface area contributed by atoms with Gasteiger partial charge in [-0.1, -0.05) is 4.40 Å². The molecule has 18 heavy (non-hydrogen) atoms. The van der Waals surface area contributed by atoms with Gasteiger partial charge in [0.2, 0.25) is 0 Å². The summed E-state index contributed by atoms with van der Waals surface area (Å²) in [5.74, 6) is 0.731. The van der Waals surface area contributed by atoms with Gasteiger partial charge in [0.25, 0.3) is 16.1 Å². The molecule has 0 bridgehead atoms. The zero-order valence-electron chi connectivity index (χ0n) is 10.0. The molecule has 7 heteroatoms. The number of rotatable bonds is 6. The van der Waals surface area contributed by atoms with Gasteiger partial charge >= 0.3 is 0 Å². The van der Waals surface area contributed by atoms with Crippen LogP contribution in [0.15, 0.2) is 27.5 Å². The lowest BCUT2D eigenvalue weighted by atomic mass is 10.3. The Hall–Kier alpha value is -1.85. The van der Waals surface area contributed by atoms with Crippen LogP contribution in [-0.4, -0.2) is 27.7 Å². The van der Waals surface area contributed by atoms with E-state index in [1.165, 1.54) is 18.2 Å². The van der Waals surface area contributed by atoms with Crippen LogP contribution in [0.2, 0.25) is 0 Å². The second kappa shape index (κ2) is 6.18. The van der Waals surface area contributed by atoms with E-state index >= 15 is 0 Å². The highest BCUT2D eigenvalue weighted by molar-refractivity contribution is 7.90. The Kier molecular flexibility index (Phi) is 4.88. The molecule has 0 aliphatic rings. The average molecular weight is 271 g/mol. The number of isocyanates is 1. The largest absolute Gasteiger partial charge is 0.490 e. The molecule has 1 aromatic carbocycles. The van der Waals surface area contributed by atoms with Crippen molar-refractivity contribution in [3.05, 3.63) is 18.2 Å². The summed E-state index contributed by atoms with van der Waals surface area (Å²) in [6, 6.07) is 4.02. The SMILES string of the molecule is CCOc1ccc(S(=O)(=O)N=C=O)cc1OCC. The molecule has 0 radical (unpaired) electrons. The molecule has 0 N–H and O–H groups in total. The highest BCUT2D eigenvalue weighted by Crippen LogP contribution is 2.30. The maximum atomic E-state index is 11.5. The molecule has 6 nitrogen and oxygen atoms in total. The van der Waals surface area contributed by atoms with Crippen LogP contribution in [0.25, 0.3) is 0 Å². The second-order valence-corrected chi connectivity index (χ2v) is 4.74. The van der Waals surface area contributed by atoms with Gasteiger partial charge in [0.1, 0.15) is 0 Å². The molecule has 0 unspecified atom stereocenters. The van der Waals surface area contributed by atoms with Crippen molar-refractivity contribution in [3.63, 3.8) is 0 Å². The first-order valence-electron chi connectivity index (χ1n) is 5.29. The molecule has 1 rings (SSSR count). The maximum absolute atomic E-state index is 11.5. The van der Waals surface area contributed by atoms with Crippen molar-refractivity contribution in [3.8, 4) is 11.5 Å². The van der Waals surface area contributed by atoms with Gasteiger partial charge in [-0.3, -0.25) is 0 Å². The minimum absolute atomic E-state index is 0.141. The molecular weight excluding hydrogens is 258 g/mol. The van der Waals surface area contributed by atoms with Crippen LogP contribution < -0.4 is 9.47 Å². The van der Waals surface area contributed by atoms with E-state index in [2.05, 4.69) is 4.40 Å². The van der Waals surface area contributed by atoms with Gasteiger partial charge in [0, 0.05) is 6.07 Å². The quantitative estimate of drug-likeness (QED) is 0.578. The predicted octanol–water partition coefficient (Wildman–Crippen LogP) is 1.51. The van der Waals surface area contributed by atoms with Crippen molar-refractivity contribution in [1.29, 1.82) is 0 Å². The first kappa shape index (κ1) is 14.2. The molecule has 1 aromatic rings. The topological polar surface area (TPSA) is 82.0 Å². The highest BCUT2D eigenvalue weighted by atomic mass is 32.2. The molecule has 0 amide bonds. The summed E-state index contributed by atoms with van der Waals surface area (Å²) in [7, 11) is -4.02. The number of benzene rings is 1. The number of carbonyl (C=O) groups excluding carboxylic acids is 1. The summed E-state index contributed by atoms with van der Waals surface area (Å²) >= 11 is 0. The molecule has 0 aliphatic carbocycles. The van der Waals surface area contributed by atoms with Crippen molar-refractivity contribution in [2.45, 2.75) is 18.7 Å². The first-order chi connectivity index (χ1) is 8.55. The second-order valence-electron chi connectivity index (χ2n) is 3.13. The lowest BCUT2D eigenvalue weighted by Crippen LogP contribution is -2.01. The number of hydrogen-bond donors (Lipinski definition) is 0. The van der Waals surface area contributed by atoms with Crippen molar-refractivity contribution in [2.75, 3.05) is 13.2 Å². The smallest absolute Gasteiger partial charge is 0.292 e. The van der Waals surface area contributed by atoms with Gasteiger partial charge in [-0.05, 0) is 26.0 Å². The van der Waals surface area contributed by atoms with Crippen LogP contribution in [0.5, 0.6) is 11.5 Å². The molecule has 0 spiro atoms. The molecular formula is C11H13NO5S. The van der Waals surface area contributed by atoms with Crippen LogP contribution in [0.1, 0.15) is 13.8 Å². The van der Waals surface area contributed by atoms with Crippen LogP contribution in [0, 0.1) is 0 Å². The van der Waals surface area contributed by atoms with E-state index in [0.717, 1.165) is 6.08 Å². The van der Waals surface area contributed by atoms with Crippen molar-refractivity contribution >= 4 is 16.1 Å². The molecule has 98 valence electrons. The fourth-order valence-corrected chi connectivity index (χ4v) is 1.99. The first-order valence-corrected chi connectivity index (χ1v) is 6.73. The van der Waals surface area contributed by atoms with Crippen molar-refractivity contribution in [1.82, 2.24) is 0 Å². The van der Waals surface area contributed by atoms with E-state index in [0.29, 0.717) is 24.7 Å². The standard InChI is InChI=1S/C11H13NO5S/c1-3-16-10-6-5-9(7-11(10)17-4-2)18(14,15)12-8-13/h5-7H,3-4H2,1-2H3. The molecule has 0 fully saturated rings. The van der Waals surface area contributed by atoms with E-state index < -0.39 is 10.0 Å². The Morgan fingerprint density at radius 3 is 2.33 bits per heavy atom. The number of sulfonamides is 1. The average Bonchev–Trinajstić information content (AvgIpc) is 2.31. The lowest BCUT2D eigenvalue weighted by molar-refractivity contribution is 0.287. The van der Waals surface area contributed by atoms with Gasteiger partial charge in [-0.15, -0.1) is 0 Å². The minimum atomic E-state index is -4.02. The van der Waals surface area contributed by atoms with E-state index in [9.17, 15) is 13.2 Å². The third-order valence-corrected chi connectivity index (χ3v) is 3.13. The molecule has 0 saturated carbocycles. The third kappa shape index (κ3) is 3.32. The van der Waals surface area contributed by atoms with Crippen LogP contribution in [0.4, 0.5) is 0 Å². The Balaban J connectivity index is 3.26. The summed E-state index contributed by atoms with van der Waals surface area (Å²) in [5, 5.41) is 0. The van der Waals surface area contributed by atoms with Crippen molar-refractivity contribution in [2.24, 2.45) is 4.40 Å². The van der Waals surface area contributed by atoms with Gasteiger partial charge < -0.3 is 9.47 Å². The molecule has 0 saturated heterocycles. The molecule has 0 atom stereocenters. The Labute approximate surface area is 105 Å². The zero-order chi connectivity index (χ0) is 13.6. The number of ether oxygens (including phenoxy) is 2. The summed E-state index contributed by atoms with van der Waals surface area (Å²) in [6.45, 7) is 4.36. The summed E-state index contributed by atoms with van der Waals surface area (Å²) in [5.41, 5.74) is 0. The molecule has 0 aromatic heterocycles. The van der Waals surface area contributed by atoms with Gasteiger partial charge in [0.05, 0.1) is 18.1 Å². The Bertz CT molecular complexity index is 561. The van der Waals surface area contributed by atoms with Crippen LogP contribution >= 0.6 is 0 Å². The summed E-state index contributed by atoms with van der Waals surface area (Å²) in [4.78, 5) is 9.91. The predicted molar refractivity (Wildman–Crippen MR) is 64.1 cm³/mol. The normalized spacial score (nSPS) is 10.6. The van der Waals surface area contributed by atoms with Gasteiger partial charge in [0.15, 0.2) is 11.5 Å². The molecule has 0 heterocycles. The summed E-state index contributed by atoms with van der Waals surface area (Å²) in [6.07, 6.45) is 1.01. The highest BCUT2D eigenvalue weighted by Gasteiger charge is 2.16. The lowest BCUT2D eigenvalue weighted by Gasteiger charge is -2.11. The zero-order valence-corrected chi connectivity index (χ0v) is 10.9.